The van der Waals surface area contributed by atoms with Crippen LogP contribution in [-0.4, -0.2) is 55.4 Å². The van der Waals surface area contributed by atoms with Crippen LogP contribution in [0.2, 0.25) is 0 Å². The standard InChI is InChI=1S/C22H29N7S/c1-22(2,3)18-8-6-17(7-9-18)19-25-29(21(30)26(19)4)16-27-12-14-28(15-13-27)20-23-10-5-11-24-20/h5-11H,12-16H2,1-4H3. The first-order valence-corrected chi connectivity index (χ1v) is 10.7. The van der Waals surface area contributed by atoms with Gasteiger partial charge < -0.3 is 9.47 Å². The number of hydrogen-bond acceptors (Lipinski definition) is 6. The van der Waals surface area contributed by atoms with E-state index in [1.807, 2.05) is 22.4 Å². The molecule has 1 aliphatic heterocycles. The van der Waals surface area contributed by atoms with E-state index in [2.05, 4.69) is 64.8 Å². The quantitative estimate of drug-likeness (QED) is 0.599. The third kappa shape index (κ3) is 4.29. The van der Waals surface area contributed by atoms with E-state index >= 15 is 0 Å². The van der Waals surface area contributed by atoms with Crippen molar-refractivity contribution in [1.82, 2.24) is 29.2 Å². The Morgan fingerprint density at radius 3 is 2.20 bits per heavy atom. The van der Waals surface area contributed by atoms with Gasteiger partial charge in [0.1, 0.15) is 0 Å². The van der Waals surface area contributed by atoms with Crippen LogP contribution in [-0.2, 0) is 19.1 Å². The SMILES string of the molecule is Cn1c(-c2ccc(C(C)(C)C)cc2)nn(CN2CCN(c3ncccn3)CC2)c1=S. The zero-order valence-corrected chi connectivity index (χ0v) is 18.9. The minimum Gasteiger partial charge on any atom is -0.338 e. The number of rotatable bonds is 4. The summed E-state index contributed by atoms with van der Waals surface area (Å²) in [5.74, 6) is 1.70. The van der Waals surface area contributed by atoms with Gasteiger partial charge in [-0.2, -0.15) is 5.10 Å². The van der Waals surface area contributed by atoms with E-state index in [0.717, 1.165) is 48.3 Å². The Kier molecular flexibility index (Phi) is 5.71. The van der Waals surface area contributed by atoms with Gasteiger partial charge in [-0.25, -0.2) is 14.6 Å². The second-order valence-corrected chi connectivity index (χ2v) is 9.15. The maximum Gasteiger partial charge on any atom is 0.225 e. The van der Waals surface area contributed by atoms with Crippen LogP contribution in [0.15, 0.2) is 42.7 Å². The number of anilines is 1. The number of piperazine rings is 1. The molecule has 158 valence electrons. The molecule has 7 nitrogen and oxygen atoms in total. The minimum absolute atomic E-state index is 0.135. The highest BCUT2D eigenvalue weighted by molar-refractivity contribution is 7.71. The fourth-order valence-electron chi connectivity index (χ4n) is 3.68. The van der Waals surface area contributed by atoms with Crippen molar-refractivity contribution in [2.75, 3.05) is 31.1 Å². The van der Waals surface area contributed by atoms with E-state index in [4.69, 9.17) is 17.3 Å². The fourth-order valence-corrected chi connectivity index (χ4v) is 3.87. The summed E-state index contributed by atoms with van der Waals surface area (Å²) in [5, 5.41) is 4.84. The van der Waals surface area contributed by atoms with E-state index in [-0.39, 0.29) is 5.41 Å². The van der Waals surface area contributed by atoms with Crippen molar-refractivity contribution < 1.29 is 0 Å². The highest BCUT2D eigenvalue weighted by Crippen LogP contribution is 2.25. The third-order valence-electron chi connectivity index (χ3n) is 5.59. The Bertz CT molecular complexity index is 1040. The number of aromatic nitrogens is 5. The molecule has 0 atom stereocenters. The fraction of sp³-hybridized carbons (Fsp3) is 0.455. The van der Waals surface area contributed by atoms with E-state index < -0.39 is 0 Å². The normalized spacial score (nSPS) is 15.5. The molecule has 0 N–H and O–H groups in total. The van der Waals surface area contributed by atoms with Gasteiger partial charge in [0.25, 0.3) is 0 Å². The number of hydrogen-bond donors (Lipinski definition) is 0. The molecule has 0 spiro atoms. The summed E-state index contributed by atoms with van der Waals surface area (Å²) in [6, 6.07) is 10.5. The average Bonchev–Trinajstić information content (AvgIpc) is 3.03. The van der Waals surface area contributed by atoms with Crippen molar-refractivity contribution >= 4 is 18.2 Å². The van der Waals surface area contributed by atoms with Crippen molar-refractivity contribution in [3.05, 3.63) is 53.1 Å². The summed E-state index contributed by atoms with van der Waals surface area (Å²) in [7, 11) is 1.99. The summed E-state index contributed by atoms with van der Waals surface area (Å²) in [4.78, 5) is 13.3. The van der Waals surface area contributed by atoms with Gasteiger partial charge in [-0.1, -0.05) is 45.0 Å². The molecule has 4 rings (SSSR count). The van der Waals surface area contributed by atoms with Gasteiger partial charge in [0, 0.05) is 51.2 Å². The van der Waals surface area contributed by atoms with Crippen LogP contribution in [0.5, 0.6) is 0 Å². The third-order valence-corrected chi connectivity index (χ3v) is 6.08. The first kappa shape index (κ1) is 20.7. The predicted octanol–water partition coefficient (Wildman–Crippen LogP) is 3.49. The van der Waals surface area contributed by atoms with Crippen molar-refractivity contribution in [2.24, 2.45) is 7.05 Å². The van der Waals surface area contributed by atoms with Gasteiger partial charge in [-0.05, 0) is 29.3 Å². The topological polar surface area (TPSA) is 55.0 Å². The number of nitrogens with zero attached hydrogens (tertiary/aromatic N) is 7. The van der Waals surface area contributed by atoms with Crippen molar-refractivity contribution in [2.45, 2.75) is 32.9 Å². The van der Waals surface area contributed by atoms with Crippen LogP contribution in [0.3, 0.4) is 0 Å². The lowest BCUT2D eigenvalue weighted by atomic mass is 9.87. The van der Waals surface area contributed by atoms with Crippen LogP contribution in [0.4, 0.5) is 5.95 Å². The Labute approximate surface area is 183 Å². The largest absolute Gasteiger partial charge is 0.338 e. The Hall–Kier alpha value is -2.58. The molecule has 0 unspecified atom stereocenters. The van der Waals surface area contributed by atoms with Crippen LogP contribution in [0, 0.1) is 4.77 Å². The Morgan fingerprint density at radius 1 is 0.967 bits per heavy atom. The summed E-state index contributed by atoms with van der Waals surface area (Å²) in [6.07, 6.45) is 3.58. The van der Waals surface area contributed by atoms with Crippen LogP contribution >= 0.6 is 12.2 Å². The van der Waals surface area contributed by atoms with Gasteiger partial charge >= 0.3 is 0 Å². The molecular formula is C22H29N7S. The van der Waals surface area contributed by atoms with Gasteiger partial charge in [0.05, 0.1) is 6.67 Å². The van der Waals surface area contributed by atoms with Crippen LogP contribution in [0.1, 0.15) is 26.3 Å². The van der Waals surface area contributed by atoms with Crippen LogP contribution in [0.25, 0.3) is 11.4 Å². The lowest BCUT2D eigenvalue weighted by Gasteiger charge is -2.34. The maximum absolute atomic E-state index is 5.67. The predicted molar refractivity (Wildman–Crippen MR) is 122 cm³/mol. The number of benzene rings is 1. The lowest BCUT2D eigenvalue weighted by Crippen LogP contribution is -2.47. The zero-order valence-electron chi connectivity index (χ0n) is 18.1. The molecule has 1 aromatic carbocycles. The molecule has 0 amide bonds. The molecule has 30 heavy (non-hydrogen) atoms. The highest BCUT2D eigenvalue weighted by Gasteiger charge is 2.20. The molecular weight excluding hydrogens is 394 g/mol. The molecule has 0 saturated carbocycles. The smallest absolute Gasteiger partial charge is 0.225 e. The van der Waals surface area contributed by atoms with Gasteiger partial charge in [-0.15, -0.1) is 0 Å². The molecule has 3 aromatic rings. The molecule has 8 heteroatoms. The monoisotopic (exact) mass is 423 g/mol. The molecule has 1 aliphatic rings. The molecule has 0 aliphatic carbocycles. The summed E-state index contributed by atoms with van der Waals surface area (Å²) in [6.45, 7) is 11.0. The highest BCUT2D eigenvalue weighted by atomic mass is 32.1. The summed E-state index contributed by atoms with van der Waals surface area (Å²) < 4.78 is 4.66. The van der Waals surface area contributed by atoms with Crippen molar-refractivity contribution in [3.63, 3.8) is 0 Å². The van der Waals surface area contributed by atoms with E-state index in [1.165, 1.54) is 5.56 Å². The zero-order chi connectivity index (χ0) is 21.3. The molecule has 3 heterocycles. The Morgan fingerprint density at radius 2 is 1.60 bits per heavy atom. The van der Waals surface area contributed by atoms with Gasteiger partial charge in [0.15, 0.2) is 10.6 Å². The molecule has 1 fully saturated rings. The molecule has 0 radical (unpaired) electrons. The first-order valence-electron chi connectivity index (χ1n) is 10.3. The second-order valence-electron chi connectivity index (χ2n) is 8.79. The maximum atomic E-state index is 5.67. The summed E-state index contributed by atoms with van der Waals surface area (Å²) in [5.41, 5.74) is 2.53. The molecule has 2 aromatic heterocycles. The first-order chi connectivity index (χ1) is 14.3. The second kappa shape index (κ2) is 8.28. The van der Waals surface area contributed by atoms with E-state index in [9.17, 15) is 0 Å². The lowest BCUT2D eigenvalue weighted by molar-refractivity contribution is 0.193. The average molecular weight is 424 g/mol. The van der Waals surface area contributed by atoms with Gasteiger partial charge in [0.2, 0.25) is 5.95 Å². The summed E-state index contributed by atoms with van der Waals surface area (Å²) >= 11 is 5.67. The van der Waals surface area contributed by atoms with Crippen LogP contribution < -0.4 is 4.90 Å². The van der Waals surface area contributed by atoms with Crippen molar-refractivity contribution in [3.8, 4) is 11.4 Å². The molecule has 1 saturated heterocycles. The van der Waals surface area contributed by atoms with E-state index in [0.29, 0.717) is 6.67 Å². The van der Waals surface area contributed by atoms with Crippen molar-refractivity contribution in [1.29, 1.82) is 0 Å². The Balaban J connectivity index is 1.46. The minimum atomic E-state index is 0.135. The van der Waals surface area contributed by atoms with E-state index in [1.54, 1.807) is 12.4 Å². The molecule has 0 bridgehead atoms. The van der Waals surface area contributed by atoms with Gasteiger partial charge in [-0.3, -0.25) is 4.90 Å².